The van der Waals surface area contributed by atoms with Crippen LogP contribution in [0.3, 0.4) is 0 Å². The van der Waals surface area contributed by atoms with Gasteiger partial charge in [-0.1, -0.05) is 0 Å². The summed E-state index contributed by atoms with van der Waals surface area (Å²) in [5.74, 6) is -1.66. The molecule has 2 heterocycles. The molecule has 1 aliphatic rings. The van der Waals surface area contributed by atoms with Crippen LogP contribution in [0.15, 0.2) is 0 Å². The van der Waals surface area contributed by atoms with Crippen LogP contribution >= 0.6 is 0 Å². The topological polar surface area (TPSA) is 64.2 Å². The van der Waals surface area contributed by atoms with Gasteiger partial charge in [0.2, 0.25) is 0 Å². The van der Waals surface area contributed by atoms with Crippen molar-refractivity contribution in [2.45, 2.75) is 39.4 Å². The van der Waals surface area contributed by atoms with Crippen LogP contribution in [-0.2, 0) is 6.54 Å². The monoisotopic (exact) mass is 304 g/mol. The number of hydrogen-bond acceptors (Lipinski definition) is 3. The van der Waals surface area contributed by atoms with Gasteiger partial charge in [0.15, 0.2) is 0 Å². The summed E-state index contributed by atoms with van der Waals surface area (Å²) in [5.41, 5.74) is 7.02. The molecule has 118 valence electrons. The summed E-state index contributed by atoms with van der Waals surface area (Å²) < 4.78 is 39.4. The Morgan fingerprint density at radius 1 is 1.38 bits per heavy atom. The van der Waals surface area contributed by atoms with Crippen molar-refractivity contribution in [1.29, 1.82) is 0 Å². The molecule has 0 radical (unpaired) electrons. The third-order valence-corrected chi connectivity index (χ3v) is 3.92. The van der Waals surface area contributed by atoms with Crippen molar-refractivity contribution in [1.82, 2.24) is 14.7 Å². The van der Waals surface area contributed by atoms with E-state index in [0.717, 1.165) is 0 Å². The van der Waals surface area contributed by atoms with Crippen LogP contribution in [0, 0.1) is 12.8 Å². The van der Waals surface area contributed by atoms with Gasteiger partial charge in [0, 0.05) is 19.6 Å². The van der Waals surface area contributed by atoms with Gasteiger partial charge in [-0.3, -0.25) is 9.48 Å². The molecule has 0 bridgehead atoms. The Kier molecular flexibility index (Phi) is 4.15. The molecule has 2 rings (SSSR count). The molecule has 0 unspecified atom stereocenters. The minimum absolute atomic E-state index is 0.0611. The quantitative estimate of drug-likeness (QED) is 0.911. The second-order valence-corrected chi connectivity index (χ2v) is 5.27. The van der Waals surface area contributed by atoms with Crippen molar-refractivity contribution in [3.8, 4) is 0 Å². The molecule has 0 aromatic carbocycles. The van der Waals surface area contributed by atoms with Crippen molar-refractivity contribution in [3.63, 3.8) is 0 Å². The van der Waals surface area contributed by atoms with Gasteiger partial charge < -0.3 is 10.6 Å². The fourth-order valence-corrected chi connectivity index (χ4v) is 2.61. The zero-order valence-electron chi connectivity index (χ0n) is 12.1. The van der Waals surface area contributed by atoms with Gasteiger partial charge in [-0.2, -0.15) is 18.3 Å². The van der Waals surface area contributed by atoms with Crippen LogP contribution in [-0.4, -0.2) is 39.9 Å². The van der Waals surface area contributed by atoms with E-state index in [0.29, 0.717) is 17.9 Å². The van der Waals surface area contributed by atoms with Gasteiger partial charge >= 0.3 is 6.18 Å². The number of hydrogen-bond donors (Lipinski definition) is 1. The lowest BCUT2D eigenvalue weighted by atomic mass is 9.96. The maximum Gasteiger partial charge on any atom is 0.391 e. The number of anilines is 1. The molecular formula is C13H19F3N4O. The number of carbonyl (C=O) groups excluding carboxylic acids is 1. The fourth-order valence-electron chi connectivity index (χ4n) is 2.61. The van der Waals surface area contributed by atoms with Gasteiger partial charge in [0.05, 0.1) is 17.3 Å². The third-order valence-electron chi connectivity index (χ3n) is 3.92. The van der Waals surface area contributed by atoms with Crippen LogP contribution in [0.25, 0.3) is 0 Å². The molecule has 1 saturated heterocycles. The number of halogens is 3. The Hall–Kier alpha value is -1.73. The van der Waals surface area contributed by atoms with Crippen LogP contribution in [0.5, 0.6) is 0 Å². The van der Waals surface area contributed by atoms with E-state index in [1.807, 2.05) is 6.92 Å². The van der Waals surface area contributed by atoms with Gasteiger partial charge in [-0.05, 0) is 26.7 Å². The molecule has 1 aromatic rings. The number of carbonyl (C=O) groups is 1. The van der Waals surface area contributed by atoms with E-state index >= 15 is 0 Å². The Morgan fingerprint density at radius 2 is 1.95 bits per heavy atom. The first kappa shape index (κ1) is 15.7. The van der Waals surface area contributed by atoms with Crippen molar-refractivity contribution < 1.29 is 18.0 Å². The lowest BCUT2D eigenvalue weighted by molar-refractivity contribution is -0.183. The van der Waals surface area contributed by atoms with Gasteiger partial charge in [0.25, 0.3) is 5.91 Å². The minimum Gasteiger partial charge on any atom is -0.395 e. The summed E-state index contributed by atoms with van der Waals surface area (Å²) in [6, 6.07) is 0. The molecule has 1 amide bonds. The van der Waals surface area contributed by atoms with Crippen molar-refractivity contribution in [2.75, 3.05) is 18.8 Å². The standard InChI is InChI=1S/C13H19F3N4O/c1-3-20-11(10(17)8(2)18-20)12(21)19-6-4-9(5-7-19)13(14,15)16/h9H,3-7,17H2,1-2H3. The second kappa shape index (κ2) is 5.57. The average Bonchev–Trinajstić information content (AvgIpc) is 2.73. The first-order chi connectivity index (χ1) is 9.75. The maximum absolute atomic E-state index is 12.6. The zero-order valence-corrected chi connectivity index (χ0v) is 12.1. The summed E-state index contributed by atoms with van der Waals surface area (Å²) in [7, 11) is 0. The number of nitrogen functional groups attached to an aromatic ring is 1. The number of piperidine rings is 1. The van der Waals surface area contributed by atoms with Gasteiger partial charge in [-0.25, -0.2) is 0 Å². The number of rotatable bonds is 2. The highest BCUT2D eigenvalue weighted by atomic mass is 19.4. The maximum atomic E-state index is 12.6. The van der Waals surface area contributed by atoms with E-state index < -0.39 is 12.1 Å². The summed E-state index contributed by atoms with van der Waals surface area (Å²) in [6.45, 7) is 4.21. The molecule has 0 spiro atoms. The van der Waals surface area contributed by atoms with Gasteiger partial charge in [0.1, 0.15) is 5.69 Å². The second-order valence-electron chi connectivity index (χ2n) is 5.27. The smallest absolute Gasteiger partial charge is 0.391 e. The molecule has 1 fully saturated rings. The number of nitrogens with zero attached hydrogens (tertiary/aromatic N) is 3. The number of alkyl halides is 3. The molecule has 0 aliphatic carbocycles. The largest absolute Gasteiger partial charge is 0.395 e. The molecule has 0 atom stereocenters. The number of aryl methyl sites for hydroxylation is 2. The van der Waals surface area contributed by atoms with Crippen LogP contribution in [0.1, 0.15) is 35.9 Å². The highest BCUT2D eigenvalue weighted by molar-refractivity contribution is 5.98. The van der Waals surface area contributed by atoms with E-state index in [9.17, 15) is 18.0 Å². The molecule has 21 heavy (non-hydrogen) atoms. The number of aromatic nitrogens is 2. The molecule has 1 aliphatic heterocycles. The van der Waals surface area contributed by atoms with Crippen LogP contribution in [0.2, 0.25) is 0 Å². The van der Waals surface area contributed by atoms with Crippen LogP contribution < -0.4 is 5.73 Å². The van der Waals surface area contributed by atoms with E-state index in [4.69, 9.17) is 5.73 Å². The minimum atomic E-state index is -4.18. The first-order valence-electron chi connectivity index (χ1n) is 6.94. The third kappa shape index (κ3) is 2.98. The molecular weight excluding hydrogens is 285 g/mol. The predicted molar refractivity (Wildman–Crippen MR) is 71.7 cm³/mol. The average molecular weight is 304 g/mol. The van der Waals surface area contributed by atoms with E-state index in [2.05, 4.69) is 5.10 Å². The summed E-state index contributed by atoms with van der Waals surface area (Å²) in [6.07, 6.45) is -4.31. The summed E-state index contributed by atoms with van der Waals surface area (Å²) in [5, 5.41) is 4.16. The molecule has 1 aromatic heterocycles. The lowest BCUT2D eigenvalue weighted by Crippen LogP contribution is -2.42. The van der Waals surface area contributed by atoms with Crippen LogP contribution in [0.4, 0.5) is 18.9 Å². The predicted octanol–water partition coefficient (Wildman–Crippen LogP) is 2.21. The Balaban J connectivity index is 2.13. The summed E-state index contributed by atoms with van der Waals surface area (Å²) in [4.78, 5) is 13.9. The SMILES string of the molecule is CCn1nc(C)c(N)c1C(=O)N1CCC(C(F)(F)F)CC1. The number of amides is 1. The van der Waals surface area contributed by atoms with E-state index in [1.54, 1.807) is 6.92 Å². The first-order valence-corrected chi connectivity index (χ1v) is 6.94. The van der Waals surface area contributed by atoms with E-state index in [-0.39, 0.29) is 37.5 Å². The summed E-state index contributed by atoms with van der Waals surface area (Å²) >= 11 is 0. The van der Waals surface area contributed by atoms with Gasteiger partial charge in [-0.15, -0.1) is 0 Å². The molecule has 2 N–H and O–H groups in total. The van der Waals surface area contributed by atoms with Crippen molar-refractivity contribution >= 4 is 11.6 Å². The Bertz CT molecular complexity index is 530. The normalized spacial score (nSPS) is 17.3. The number of likely N-dealkylation sites (tertiary alicyclic amines) is 1. The molecule has 8 heteroatoms. The lowest BCUT2D eigenvalue weighted by Gasteiger charge is -2.33. The zero-order chi connectivity index (χ0) is 15.8. The highest BCUT2D eigenvalue weighted by Crippen LogP contribution is 2.34. The highest BCUT2D eigenvalue weighted by Gasteiger charge is 2.42. The Morgan fingerprint density at radius 3 is 2.43 bits per heavy atom. The number of nitrogens with two attached hydrogens (primary N) is 1. The van der Waals surface area contributed by atoms with Crippen molar-refractivity contribution in [3.05, 3.63) is 11.4 Å². The van der Waals surface area contributed by atoms with Crippen molar-refractivity contribution in [2.24, 2.45) is 5.92 Å². The molecule has 0 saturated carbocycles. The molecule has 5 nitrogen and oxygen atoms in total. The Labute approximate surface area is 120 Å². The van der Waals surface area contributed by atoms with E-state index in [1.165, 1.54) is 9.58 Å². The fraction of sp³-hybridized carbons (Fsp3) is 0.692.